The minimum Gasteiger partial charge on any atom is -0.457 e. The van der Waals surface area contributed by atoms with Crippen LogP contribution in [0.2, 0.25) is 0 Å². The fraction of sp³-hybridized carbons (Fsp3) is 0.795. The molecule has 0 radical (unpaired) electrons. The lowest BCUT2D eigenvalue weighted by Crippen LogP contribution is -2.53. The zero-order chi connectivity index (χ0) is 36.6. The van der Waals surface area contributed by atoms with Crippen molar-refractivity contribution in [1.82, 2.24) is 9.80 Å². The summed E-state index contributed by atoms with van der Waals surface area (Å²) in [6, 6.07) is 0.621. The Morgan fingerprint density at radius 2 is 1.86 bits per heavy atom. The van der Waals surface area contributed by atoms with Gasteiger partial charge in [-0.15, -0.1) is 0 Å². The zero-order valence-corrected chi connectivity index (χ0v) is 31.5. The fourth-order valence-corrected chi connectivity index (χ4v) is 7.73. The Balaban J connectivity index is 1.45. The number of hydrogen-bond acceptors (Lipinski definition) is 10. The van der Waals surface area contributed by atoms with Gasteiger partial charge in [-0.3, -0.25) is 9.69 Å². The van der Waals surface area contributed by atoms with Crippen LogP contribution >= 0.6 is 0 Å². The van der Waals surface area contributed by atoms with Crippen molar-refractivity contribution in [1.29, 1.82) is 0 Å². The van der Waals surface area contributed by atoms with Gasteiger partial charge < -0.3 is 39.2 Å². The van der Waals surface area contributed by atoms with Crippen LogP contribution in [0.3, 0.4) is 0 Å². The molecular formula is C39H64N2O9. The summed E-state index contributed by atoms with van der Waals surface area (Å²) < 4.78 is 23.8. The largest absolute Gasteiger partial charge is 0.457 e. The lowest BCUT2D eigenvalue weighted by molar-refractivity contribution is -0.151. The topological polar surface area (TPSA) is 142 Å². The number of aliphatic hydroxyl groups is 3. The van der Waals surface area contributed by atoms with Crippen LogP contribution < -0.4 is 0 Å². The average molecular weight is 705 g/mol. The summed E-state index contributed by atoms with van der Waals surface area (Å²) in [6.45, 7) is 14.2. The van der Waals surface area contributed by atoms with Gasteiger partial charge in [0.25, 0.3) is 0 Å². The molecule has 11 nitrogen and oxygen atoms in total. The van der Waals surface area contributed by atoms with E-state index < -0.39 is 41.6 Å². The van der Waals surface area contributed by atoms with Crippen molar-refractivity contribution in [3.63, 3.8) is 0 Å². The Bertz CT molecular complexity index is 1210. The molecule has 10 unspecified atom stereocenters. The Morgan fingerprint density at radius 3 is 2.50 bits per heavy atom. The van der Waals surface area contributed by atoms with E-state index in [1.165, 1.54) is 25.7 Å². The number of methoxy groups -OCH3 is 1. The molecule has 1 aliphatic carbocycles. The van der Waals surface area contributed by atoms with Crippen molar-refractivity contribution >= 4 is 12.1 Å². The molecular weight excluding hydrogens is 640 g/mol. The molecule has 0 bridgehead atoms. The van der Waals surface area contributed by atoms with Gasteiger partial charge in [0.1, 0.15) is 11.7 Å². The Hall–Kier alpha value is -2.28. The molecule has 0 aromatic heterocycles. The number of carbonyl (C=O) groups excluding carboxylic acids is 2. The Morgan fingerprint density at radius 1 is 1.18 bits per heavy atom. The molecule has 0 aromatic rings. The van der Waals surface area contributed by atoms with E-state index in [9.17, 15) is 24.9 Å². The highest BCUT2D eigenvalue weighted by atomic mass is 16.6. The molecule has 10 atom stereocenters. The highest BCUT2D eigenvalue weighted by molar-refractivity contribution is 5.70. The molecule has 3 heterocycles. The van der Waals surface area contributed by atoms with Gasteiger partial charge in [-0.1, -0.05) is 57.9 Å². The predicted molar refractivity (Wildman–Crippen MR) is 191 cm³/mol. The van der Waals surface area contributed by atoms with Crippen LogP contribution in [0.1, 0.15) is 99.3 Å². The Labute approximate surface area is 299 Å². The number of rotatable bonds is 11. The summed E-state index contributed by atoms with van der Waals surface area (Å²) in [6.07, 6.45) is 12.1. The molecule has 11 heteroatoms. The number of hydrogen-bond donors (Lipinski definition) is 3. The third-order valence-electron chi connectivity index (χ3n) is 11.5. The molecule has 0 aromatic carbocycles. The lowest BCUT2D eigenvalue weighted by atomic mass is 9.88. The van der Waals surface area contributed by atoms with E-state index in [0.29, 0.717) is 38.4 Å². The van der Waals surface area contributed by atoms with E-state index in [1.54, 1.807) is 31.1 Å². The molecule has 1 saturated carbocycles. The molecule has 4 rings (SSSR count). The molecule has 0 spiro atoms. The summed E-state index contributed by atoms with van der Waals surface area (Å²) in [4.78, 5) is 30.8. The first kappa shape index (κ1) is 40.5. The lowest BCUT2D eigenvalue weighted by Gasteiger charge is -2.40. The van der Waals surface area contributed by atoms with Crippen LogP contribution in [0.25, 0.3) is 0 Å². The first-order valence-electron chi connectivity index (χ1n) is 18.9. The number of carbonyl (C=O) groups is 2. The van der Waals surface area contributed by atoms with Crippen LogP contribution in [-0.2, 0) is 23.7 Å². The summed E-state index contributed by atoms with van der Waals surface area (Å²) in [5, 5.41) is 32.0. The molecule has 3 fully saturated rings. The SMILES string of the molecule is CCC(O)C(C)C1OC1CC(C)(O)/C=C/C=C(\C)C1OC(=O)CC(O)CCC(C)(OC)C(OC(=O)N2CCN(C3CCCC3)CC2)/C=C\C1C. The predicted octanol–water partition coefficient (Wildman–Crippen LogP) is 4.92. The number of esters is 1. The van der Waals surface area contributed by atoms with Gasteiger partial charge in [-0.25, -0.2) is 4.79 Å². The maximum Gasteiger partial charge on any atom is 0.410 e. The van der Waals surface area contributed by atoms with Crippen LogP contribution in [-0.4, -0.2) is 124 Å². The minimum atomic E-state index is -1.14. The number of ether oxygens (including phenoxy) is 4. The smallest absolute Gasteiger partial charge is 0.410 e. The molecule has 1 amide bonds. The minimum absolute atomic E-state index is 0.00219. The molecule has 3 aliphatic heterocycles. The second kappa shape index (κ2) is 18.0. The first-order chi connectivity index (χ1) is 23.7. The van der Waals surface area contributed by atoms with Crippen molar-refractivity contribution in [2.75, 3.05) is 33.3 Å². The third kappa shape index (κ3) is 11.1. The van der Waals surface area contributed by atoms with E-state index in [1.807, 2.05) is 52.8 Å². The molecule has 50 heavy (non-hydrogen) atoms. The van der Waals surface area contributed by atoms with E-state index >= 15 is 0 Å². The van der Waals surface area contributed by atoms with Crippen LogP contribution in [0.15, 0.2) is 36.0 Å². The van der Waals surface area contributed by atoms with Gasteiger partial charge in [0.2, 0.25) is 0 Å². The van der Waals surface area contributed by atoms with E-state index in [2.05, 4.69) is 4.90 Å². The Kier molecular flexibility index (Phi) is 14.6. The second-order valence-corrected chi connectivity index (χ2v) is 15.6. The average Bonchev–Trinajstić information content (AvgIpc) is 3.60. The number of allylic oxidation sites excluding steroid dienone is 2. The van der Waals surface area contributed by atoms with Gasteiger partial charge in [0.05, 0.1) is 36.4 Å². The summed E-state index contributed by atoms with van der Waals surface area (Å²) >= 11 is 0. The number of aliphatic hydroxyl groups excluding tert-OH is 2. The van der Waals surface area contributed by atoms with Gasteiger partial charge in [-0.2, -0.15) is 0 Å². The van der Waals surface area contributed by atoms with Crippen molar-refractivity contribution in [3.05, 3.63) is 36.0 Å². The van der Waals surface area contributed by atoms with Gasteiger partial charge in [-0.05, 0) is 64.5 Å². The highest BCUT2D eigenvalue weighted by Crippen LogP contribution is 2.38. The van der Waals surface area contributed by atoms with Crippen LogP contribution in [0.4, 0.5) is 4.79 Å². The van der Waals surface area contributed by atoms with Gasteiger partial charge in [0, 0.05) is 57.6 Å². The van der Waals surface area contributed by atoms with Crippen molar-refractivity contribution in [2.45, 2.75) is 153 Å². The molecule has 3 N–H and O–H groups in total. The van der Waals surface area contributed by atoms with Gasteiger partial charge in [0.15, 0.2) is 6.10 Å². The summed E-state index contributed by atoms with van der Waals surface area (Å²) in [7, 11) is 1.58. The van der Waals surface area contributed by atoms with Crippen molar-refractivity contribution < 1.29 is 43.9 Å². The number of epoxide rings is 1. The van der Waals surface area contributed by atoms with E-state index in [0.717, 1.165) is 18.7 Å². The molecule has 4 aliphatic rings. The summed E-state index contributed by atoms with van der Waals surface area (Å²) in [5.74, 6) is -0.825. The maximum absolute atomic E-state index is 13.5. The number of amides is 1. The van der Waals surface area contributed by atoms with Crippen LogP contribution in [0.5, 0.6) is 0 Å². The quantitative estimate of drug-likeness (QED) is 0.117. The number of piperazine rings is 1. The maximum atomic E-state index is 13.5. The standard InChI is InChI=1S/C39H64N2O9/c1-8-31(43)28(4)36-32(48-36)25-38(5,46)18-11-12-26(2)35-27(3)15-16-33(39(6,47-7)19-17-30(42)24-34(44)50-35)49-37(45)41-22-20-40(21-23-41)29-13-9-10-14-29/h11-12,15-16,18,27-33,35-36,42-43,46H,8-10,13-14,17,19-25H2,1-7H3/b16-15-,18-11+,26-12+. The molecule has 284 valence electrons. The highest BCUT2D eigenvalue weighted by Gasteiger charge is 2.47. The first-order valence-corrected chi connectivity index (χ1v) is 18.9. The van der Waals surface area contributed by atoms with E-state index in [-0.39, 0.29) is 43.0 Å². The van der Waals surface area contributed by atoms with E-state index in [4.69, 9.17) is 18.9 Å². The van der Waals surface area contributed by atoms with Crippen LogP contribution in [0, 0.1) is 11.8 Å². The summed E-state index contributed by atoms with van der Waals surface area (Å²) in [5.41, 5.74) is -1.33. The zero-order valence-electron chi connectivity index (χ0n) is 31.5. The van der Waals surface area contributed by atoms with Crippen molar-refractivity contribution in [3.8, 4) is 0 Å². The monoisotopic (exact) mass is 704 g/mol. The van der Waals surface area contributed by atoms with Crippen molar-refractivity contribution in [2.24, 2.45) is 11.8 Å². The number of nitrogens with zero attached hydrogens (tertiary/aromatic N) is 2. The second-order valence-electron chi connectivity index (χ2n) is 15.6. The molecule has 2 saturated heterocycles. The van der Waals surface area contributed by atoms with Gasteiger partial charge >= 0.3 is 12.1 Å². The third-order valence-corrected chi connectivity index (χ3v) is 11.5. The fourth-order valence-electron chi connectivity index (χ4n) is 7.73. The number of cyclic esters (lactones) is 1. The normalized spacial score (nSPS) is 35.4.